The van der Waals surface area contributed by atoms with Crippen molar-refractivity contribution in [2.75, 3.05) is 13.2 Å². The van der Waals surface area contributed by atoms with Crippen molar-refractivity contribution < 1.29 is 35.8 Å². The van der Waals surface area contributed by atoms with Crippen LogP contribution in [0.5, 0.6) is 11.5 Å². The molecular formula is C32H30F6O2. The molecule has 0 aromatic heterocycles. The number of hydrogen-bond donors (Lipinski definition) is 0. The maximum absolute atomic E-state index is 15.2. The molecule has 4 rings (SSSR count). The zero-order valence-corrected chi connectivity index (χ0v) is 22.1. The fourth-order valence-corrected chi connectivity index (χ4v) is 4.44. The average Bonchev–Trinajstić information content (AvgIpc) is 2.91. The highest BCUT2D eigenvalue weighted by atomic mass is 19.4. The number of aryl methyl sites for hydroxylation is 3. The number of rotatable bonds is 12. The summed E-state index contributed by atoms with van der Waals surface area (Å²) in [4.78, 5) is 0. The molecule has 8 heteroatoms. The largest absolute Gasteiger partial charge is 0.493 e. The molecule has 0 aliphatic carbocycles. The Kier molecular flexibility index (Phi) is 9.61. The van der Waals surface area contributed by atoms with E-state index in [4.69, 9.17) is 9.47 Å². The Balaban J connectivity index is 1.37. The zero-order valence-electron chi connectivity index (χ0n) is 22.1. The van der Waals surface area contributed by atoms with E-state index >= 15 is 4.39 Å². The number of ether oxygens (including phenoxy) is 2. The molecule has 4 aromatic carbocycles. The lowest BCUT2D eigenvalue weighted by Gasteiger charge is -2.11. The van der Waals surface area contributed by atoms with Gasteiger partial charge in [0.25, 0.3) is 0 Å². The van der Waals surface area contributed by atoms with Gasteiger partial charge in [0, 0.05) is 23.1 Å². The minimum Gasteiger partial charge on any atom is -0.493 e. The molecule has 0 atom stereocenters. The van der Waals surface area contributed by atoms with Crippen LogP contribution in [0.2, 0.25) is 0 Å². The number of hydrogen-bond acceptors (Lipinski definition) is 2. The molecule has 0 heterocycles. The molecule has 0 saturated heterocycles. The summed E-state index contributed by atoms with van der Waals surface area (Å²) in [6, 6.07) is 17.4. The van der Waals surface area contributed by atoms with Crippen LogP contribution in [0.15, 0.2) is 66.7 Å². The van der Waals surface area contributed by atoms with Crippen LogP contribution in [0.25, 0.3) is 10.8 Å². The highest BCUT2D eigenvalue weighted by Gasteiger charge is 2.28. The van der Waals surface area contributed by atoms with Crippen LogP contribution in [0.3, 0.4) is 0 Å². The van der Waals surface area contributed by atoms with Gasteiger partial charge in [0.1, 0.15) is 29.0 Å². The molecule has 0 fully saturated rings. The van der Waals surface area contributed by atoms with Crippen LogP contribution in [-0.2, 0) is 25.7 Å². The first-order valence-corrected chi connectivity index (χ1v) is 13.2. The molecule has 4 aromatic rings. The van der Waals surface area contributed by atoms with Gasteiger partial charge in [0.15, 0.2) is 6.61 Å². The van der Waals surface area contributed by atoms with Crippen LogP contribution < -0.4 is 9.47 Å². The smallest absolute Gasteiger partial charge is 0.422 e. The highest BCUT2D eigenvalue weighted by molar-refractivity contribution is 5.84. The van der Waals surface area contributed by atoms with Crippen molar-refractivity contribution in [2.45, 2.75) is 51.6 Å². The van der Waals surface area contributed by atoms with Gasteiger partial charge in [-0.05, 0) is 66.3 Å². The predicted molar refractivity (Wildman–Crippen MR) is 143 cm³/mol. The number of benzene rings is 4. The van der Waals surface area contributed by atoms with Gasteiger partial charge in [-0.1, -0.05) is 55.8 Å². The maximum atomic E-state index is 15.2. The molecule has 0 aliphatic rings. The summed E-state index contributed by atoms with van der Waals surface area (Å²) in [5.74, 6) is -1.34. The molecule has 0 radical (unpaired) electrons. The Labute approximate surface area is 229 Å². The second kappa shape index (κ2) is 13.1. The van der Waals surface area contributed by atoms with E-state index in [2.05, 4.69) is 0 Å². The number of alkyl halides is 3. The molecule has 0 saturated carbocycles. The first-order valence-electron chi connectivity index (χ1n) is 13.2. The molecule has 0 spiro atoms. The van der Waals surface area contributed by atoms with Crippen molar-refractivity contribution >= 4 is 10.8 Å². The molecular weight excluding hydrogens is 530 g/mol. The van der Waals surface area contributed by atoms with Gasteiger partial charge in [0.2, 0.25) is 0 Å². The minimum absolute atomic E-state index is 0.00980. The average molecular weight is 561 g/mol. The summed E-state index contributed by atoms with van der Waals surface area (Å²) >= 11 is 0. The van der Waals surface area contributed by atoms with Gasteiger partial charge < -0.3 is 9.47 Å². The first-order chi connectivity index (χ1) is 19.1. The molecule has 2 nitrogen and oxygen atoms in total. The van der Waals surface area contributed by atoms with E-state index in [9.17, 15) is 22.0 Å². The quantitative estimate of drug-likeness (QED) is 0.127. The van der Waals surface area contributed by atoms with Gasteiger partial charge in [-0.3, -0.25) is 0 Å². The van der Waals surface area contributed by atoms with E-state index in [0.29, 0.717) is 42.2 Å². The summed E-state index contributed by atoms with van der Waals surface area (Å²) in [5, 5.41) is 1.13. The molecule has 0 amide bonds. The lowest BCUT2D eigenvalue weighted by atomic mass is 9.97. The van der Waals surface area contributed by atoms with Crippen LogP contribution in [-0.4, -0.2) is 19.4 Å². The summed E-state index contributed by atoms with van der Waals surface area (Å²) in [6.07, 6.45) is -1.24. The number of halogens is 6. The SMILES string of the molecule is CCCCOc1cc(F)c(CCc2ccc3c(F)c(CCc4ccc(OCC(F)(F)F)cc4)ccc3c2)c(F)c1. The van der Waals surface area contributed by atoms with E-state index in [1.54, 1.807) is 30.3 Å². The standard InChI is InChI=1S/C32H30F6O2/c1-2-3-16-39-26-18-29(33)28(30(34)19-26)15-8-22-7-14-27-24(17-22)11-10-23(31(27)35)9-4-21-5-12-25(13-6-21)40-20-32(36,37)38/h5-7,10-14,17-19H,2-4,8-9,15-16,20H2,1H3. The fourth-order valence-electron chi connectivity index (χ4n) is 4.44. The third-order valence-electron chi connectivity index (χ3n) is 6.65. The highest BCUT2D eigenvalue weighted by Crippen LogP contribution is 2.27. The van der Waals surface area contributed by atoms with Crippen molar-refractivity contribution in [2.24, 2.45) is 0 Å². The lowest BCUT2D eigenvalue weighted by molar-refractivity contribution is -0.153. The van der Waals surface area contributed by atoms with E-state index in [-0.39, 0.29) is 29.3 Å². The summed E-state index contributed by atoms with van der Waals surface area (Å²) in [5.41, 5.74) is 2.18. The van der Waals surface area contributed by atoms with Crippen LogP contribution in [0.1, 0.15) is 42.0 Å². The molecule has 0 aliphatic heterocycles. The first kappa shape index (κ1) is 29.3. The third-order valence-corrected chi connectivity index (χ3v) is 6.65. The predicted octanol–water partition coefficient (Wildman–Crippen LogP) is 8.95. The Bertz CT molecular complexity index is 1410. The van der Waals surface area contributed by atoms with Crippen molar-refractivity contribution in [3.05, 3.63) is 106 Å². The number of unbranched alkanes of at least 4 members (excludes halogenated alkanes) is 1. The van der Waals surface area contributed by atoms with Crippen LogP contribution >= 0.6 is 0 Å². The summed E-state index contributed by atoms with van der Waals surface area (Å²) in [7, 11) is 0. The van der Waals surface area contributed by atoms with Crippen molar-refractivity contribution in [1.29, 1.82) is 0 Å². The second-order valence-corrected chi connectivity index (χ2v) is 9.71. The van der Waals surface area contributed by atoms with E-state index in [1.807, 2.05) is 19.1 Å². The summed E-state index contributed by atoms with van der Waals surface area (Å²) < 4.78 is 91.4. The second-order valence-electron chi connectivity index (χ2n) is 9.71. The summed E-state index contributed by atoms with van der Waals surface area (Å²) in [6.45, 7) is 1.05. The number of fused-ring (bicyclic) bond motifs is 1. The van der Waals surface area contributed by atoms with E-state index in [0.717, 1.165) is 24.0 Å². The minimum atomic E-state index is -4.40. The fraction of sp³-hybridized carbons (Fsp3) is 0.312. The van der Waals surface area contributed by atoms with Crippen molar-refractivity contribution in [1.82, 2.24) is 0 Å². The molecule has 0 bridgehead atoms. The Morgan fingerprint density at radius 3 is 2.02 bits per heavy atom. The topological polar surface area (TPSA) is 18.5 Å². The molecule has 212 valence electrons. The van der Waals surface area contributed by atoms with Gasteiger partial charge in [0.05, 0.1) is 6.61 Å². The van der Waals surface area contributed by atoms with Crippen LogP contribution in [0, 0.1) is 17.5 Å². The Hall–Kier alpha value is -3.68. The zero-order chi connectivity index (χ0) is 28.7. The van der Waals surface area contributed by atoms with Crippen LogP contribution in [0.4, 0.5) is 26.3 Å². The van der Waals surface area contributed by atoms with Crippen molar-refractivity contribution in [3.8, 4) is 11.5 Å². The van der Waals surface area contributed by atoms with E-state index in [1.165, 1.54) is 24.3 Å². The molecule has 40 heavy (non-hydrogen) atoms. The monoisotopic (exact) mass is 560 g/mol. The molecule has 0 N–H and O–H groups in total. The van der Waals surface area contributed by atoms with Gasteiger partial charge in [-0.25, -0.2) is 13.2 Å². The molecule has 0 unspecified atom stereocenters. The van der Waals surface area contributed by atoms with E-state index < -0.39 is 24.4 Å². The van der Waals surface area contributed by atoms with Gasteiger partial charge in [-0.2, -0.15) is 13.2 Å². The van der Waals surface area contributed by atoms with Gasteiger partial charge in [-0.15, -0.1) is 0 Å². The third kappa shape index (κ3) is 7.93. The lowest BCUT2D eigenvalue weighted by Crippen LogP contribution is -2.19. The maximum Gasteiger partial charge on any atom is 0.422 e. The Morgan fingerprint density at radius 1 is 0.675 bits per heavy atom. The Morgan fingerprint density at radius 2 is 1.35 bits per heavy atom. The normalized spacial score (nSPS) is 11.7. The van der Waals surface area contributed by atoms with Crippen molar-refractivity contribution in [3.63, 3.8) is 0 Å². The van der Waals surface area contributed by atoms with Gasteiger partial charge >= 0.3 is 6.18 Å².